The van der Waals surface area contributed by atoms with Crippen LogP contribution in [0.2, 0.25) is 0 Å². The van der Waals surface area contributed by atoms with Gasteiger partial charge >= 0.3 is 5.69 Å². The first-order chi connectivity index (χ1) is 9.78. The van der Waals surface area contributed by atoms with Crippen LogP contribution in [-0.2, 0) is 6.54 Å². The minimum Gasteiger partial charge on any atom is -0.497 e. The van der Waals surface area contributed by atoms with E-state index in [1.807, 2.05) is 12.1 Å². The third kappa shape index (κ3) is 2.49. The lowest BCUT2D eigenvalue weighted by Crippen LogP contribution is -2.43. The summed E-state index contributed by atoms with van der Waals surface area (Å²) in [6.07, 6.45) is 4.63. The summed E-state index contributed by atoms with van der Waals surface area (Å²) < 4.78 is 6.98. The summed E-state index contributed by atoms with van der Waals surface area (Å²) in [4.78, 5) is 16.5. The molecule has 0 spiro atoms. The van der Waals surface area contributed by atoms with E-state index in [1.165, 1.54) is 5.56 Å². The van der Waals surface area contributed by atoms with Gasteiger partial charge in [0, 0.05) is 38.1 Å². The SMILES string of the molecule is COc1cccc(C2CCN2CCn2cc[nH]c2=O)c1. The molecule has 0 radical (unpaired) electrons. The Bertz CT molecular complexity index is 632. The van der Waals surface area contributed by atoms with Gasteiger partial charge in [0.1, 0.15) is 5.75 Å². The number of likely N-dealkylation sites (tertiary alicyclic amines) is 1. The molecule has 0 bridgehead atoms. The summed E-state index contributed by atoms with van der Waals surface area (Å²) in [5.41, 5.74) is 1.25. The number of hydrogen-bond donors (Lipinski definition) is 1. The molecule has 20 heavy (non-hydrogen) atoms. The van der Waals surface area contributed by atoms with Crippen molar-refractivity contribution in [2.24, 2.45) is 0 Å². The molecular weight excluding hydrogens is 254 g/mol. The zero-order valence-electron chi connectivity index (χ0n) is 11.6. The lowest BCUT2D eigenvalue weighted by molar-refractivity contribution is 0.0858. The normalized spacial score (nSPS) is 18.8. The summed E-state index contributed by atoms with van der Waals surface area (Å²) in [5, 5.41) is 0. The minimum absolute atomic E-state index is 0.0385. The van der Waals surface area contributed by atoms with Gasteiger partial charge in [0.2, 0.25) is 0 Å². The Kier molecular flexibility index (Phi) is 3.60. The fourth-order valence-corrected chi connectivity index (χ4v) is 2.70. The van der Waals surface area contributed by atoms with Crippen LogP contribution >= 0.6 is 0 Å². The van der Waals surface area contributed by atoms with Crippen LogP contribution in [0, 0.1) is 0 Å². The molecule has 1 aliphatic rings. The fraction of sp³-hybridized carbons (Fsp3) is 0.400. The van der Waals surface area contributed by atoms with Gasteiger partial charge < -0.3 is 9.72 Å². The molecule has 1 aromatic heterocycles. The number of benzene rings is 1. The first-order valence-corrected chi connectivity index (χ1v) is 6.90. The number of rotatable bonds is 5. The van der Waals surface area contributed by atoms with Gasteiger partial charge in [0.25, 0.3) is 0 Å². The summed E-state index contributed by atoms with van der Waals surface area (Å²) in [6, 6.07) is 8.67. The van der Waals surface area contributed by atoms with E-state index in [0.29, 0.717) is 6.04 Å². The summed E-state index contributed by atoms with van der Waals surface area (Å²) >= 11 is 0. The number of aromatic nitrogens is 2. The predicted molar refractivity (Wildman–Crippen MR) is 77.0 cm³/mol. The lowest BCUT2D eigenvalue weighted by Gasteiger charge is -2.41. The highest BCUT2D eigenvalue weighted by Gasteiger charge is 2.29. The summed E-state index contributed by atoms with van der Waals surface area (Å²) in [6.45, 7) is 2.70. The van der Waals surface area contributed by atoms with Crippen LogP contribution in [0.25, 0.3) is 0 Å². The Morgan fingerprint density at radius 2 is 2.30 bits per heavy atom. The number of H-pyrrole nitrogens is 1. The molecule has 5 heteroatoms. The maximum atomic E-state index is 11.4. The zero-order chi connectivity index (χ0) is 13.9. The molecule has 1 atom stereocenters. The van der Waals surface area contributed by atoms with E-state index >= 15 is 0 Å². The molecule has 1 fully saturated rings. The molecule has 1 aromatic carbocycles. The molecule has 0 saturated carbocycles. The van der Waals surface area contributed by atoms with Crippen molar-refractivity contribution >= 4 is 0 Å². The molecule has 0 aliphatic carbocycles. The minimum atomic E-state index is -0.0385. The van der Waals surface area contributed by atoms with Crippen LogP contribution < -0.4 is 10.4 Å². The molecule has 1 unspecified atom stereocenters. The van der Waals surface area contributed by atoms with Gasteiger partial charge in [-0.25, -0.2) is 4.79 Å². The number of aromatic amines is 1. The first kappa shape index (κ1) is 13.0. The molecule has 1 N–H and O–H groups in total. The van der Waals surface area contributed by atoms with Crippen LogP contribution in [0.5, 0.6) is 5.75 Å². The molecule has 1 saturated heterocycles. The average molecular weight is 273 g/mol. The Morgan fingerprint density at radius 1 is 1.40 bits per heavy atom. The van der Waals surface area contributed by atoms with Crippen molar-refractivity contribution in [2.75, 3.05) is 20.2 Å². The van der Waals surface area contributed by atoms with E-state index in [0.717, 1.165) is 31.8 Å². The second-order valence-corrected chi connectivity index (χ2v) is 5.08. The maximum absolute atomic E-state index is 11.4. The third-order valence-corrected chi connectivity index (χ3v) is 3.96. The largest absolute Gasteiger partial charge is 0.497 e. The highest BCUT2D eigenvalue weighted by molar-refractivity contribution is 5.31. The number of methoxy groups -OCH3 is 1. The Labute approximate surface area is 117 Å². The van der Waals surface area contributed by atoms with E-state index < -0.39 is 0 Å². The predicted octanol–water partition coefficient (Wildman–Crippen LogP) is 1.63. The highest BCUT2D eigenvalue weighted by Crippen LogP contribution is 2.34. The van der Waals surface area contributed by atoms with Gasteiger partial charge in [-0.2, -0.15) is 0 Å². The van der Waals surface area contributed by atoms with Gasteiger partial charge in [0.05, 0.1) is 7.11 Å². The summed E-state index contributed by atoms with van der Waals surface area (Å²) in [7, 11) is 1.69. The van der Waals surface area contributed by atoms with Crippen molar-refractivity contribution in [3.63, 3.8) is 0 Å². The molecule has 106 valence electrons. The lowest BCUT2D eigenvalue weighted by atomic mass is 9.94. The Balaban J connectivity index is 1.64. The van der Waals surface area contributed by atoms with Crippen LogP contribution in [0.15, 0.2) is 41.5 Å². The van der Waals surface area contributed by atoms with Crippen LogP contribution in [-0.4, -0.2) is 34.7 Å². The molecule has 5 nitrogen and oxygen atoms in total. The van der Waals surface area contributed by atoms with Gasteiger partial charge in [0.15, 0.2) is 0 Å². The number of nitrogens with zero attached hydrogens (tertiary/aromatic N) is 2. The molecule has 2 aromatic rings. The van der Waals surface area contributed by atoms with Crippen LogP contribution in [0.3, 0.4) is 0 Å². The topological polar surface area (TPSA) is 50.3 Å². The molecule has 0 amide bonds. The smallest absolute Gasteiger partial charge is 0.325 e. The Hall–Kier alpha value is -2.01. The standard InChI is InChI=1S/C15H19N3O2/c1-20-13-4-2-3-12(11-13)14-5-7-17(14)9-10-18-8-6-16-15(18)19/h2-4,6,8,11,14H,5,7,9-10H2,1H3,(H,16,19). The number of ether oxygens (including phenoxy) is 1. The van der Waals surface area contributed by atoms with E-state index in [4.69, 9.17) is 4.74 Å². The van der Waals surface area contributed by atoms with E-state index in [9.17, 15) is 4.79 Å². The van der Waals surface area contributed by atoms with Crippen molar-refractivity contribution in [2.45, 2.75) is 19.0 Å². The van der Waals surface area contributed by atoms with Crippen molar-refractivity contribution in [1.82, 2.24) is 14.5 Å². The second kappa shape index (κ2) is 5.54. The monoisotopic (exact) mass is 273 g/mol. The van der Waals surface area contributed by atoms with Crippen molar-refractivity contribution in [3.05, 3.63) is 52.7 Å². The van der Waals surface area contributed by atoms with Crippen molar-refractivity contribution in [3.8, 4) is 5.75 Å². The first-order valence-electron chi connectivity index (χ1n) is 6.90. The summed E-state index contributed by atoms with van der Waals surface area (Å²) in [5.74, 6) is 0.899. The maximum Gasteiger partial charge on any atom is 0.325 e. The van der Waals surface area contributed by atoms with E-state index in [2.05, 4.69) is 22.0 Å². The zero-order valence-corrected chi connectivity index (χ0v) is 11.6. The van der Waals surface area contributed by atoms with Crippen molar-refractivity contribution in [1.29, 1.82) is 0 Å². The number of hydrogen-bond acceptors (Lipinski definition) is 3. The fourth-order valence-electron chi connectivity index (χ4n) is 2.70. The molecule has 2 heterocycles. The van der Waals surface area contributed by atoms with Crippen molar-refractivity contribution < 1.29 is 4.74 Å². The van der Waals surface area contributed by atoms with Gasteiger partial charge in [-0.15, -0.1) is 0 Å². The number of nitrogens with one attached hydrogen (secondary N) is 1. The molecular formula is C15H19N3O2. The molecule has 1 aliphatic heterocycles. The average Bonchev–Trinajstić information content (AvgIpc) is 2.84. The Morgan fingerprint density at radius 3 is 2.95 bits per heavy atom. The number of imidazole rings is 1. The van der Waals surface area contributed by atoms with Crippen LogP contribution in [0.1, 0.15) is 18.0 Å². The quantitative estimate of drug-likeness (QED) is 0.901. The van der Waals surface area contributed by atoms with E-state index in [-0.39, 0.29) is 5.69 Å². The van der Waals surface area contributed by atoms with E-state index in [1.54, 1.807) is 24.1 Å². The van der Waals surface area contributed by atoms with Gasteiger partial charge in [-0.1, -0.05) is 12.1 Å². The third-order valence-electron chi connectivity index (χ3n) is 3.96. The van der Waals surface area contributed by atoms with Crippen LogP contribution in [0.4, 0.5) is 0 Å². The molecule has 3 rings (SSSR count). The van der Waals surface area contributed by atoms with Gasteiger partial charge in [-0.05, 0) is 24.1 Å². The second-order valence-electron chi connectivity index (χ2n) is 5.08. The van der Waals surface area contributed by atoms with Gasteiger partial charge in [-0.3, -0.25) is 9.47 Å². The highest BCUT2D eigenvalue weighted by atomic mass is 16.5.